The van der Waals surface area contributed by atoms with Crippen molar-refractivity contribution < 1.29 is 0 Å². The van der Waals surface area contributed by atoms with E-state index < -0.39 is 0 Å². The number of hydrogen-bond acceptors (Lipinski definition) is 2. The van der Waals surface area contributed by atoms with Crippen molar-refractivity contribution in [1.82, 2.24) is 9.13 Å². The molecule has 0 aliphatic carbocycles. The van der Waals surface area contributed by atoms with Gasteiger partial charge in [-0.25, -0.2) is 0 Å². The van der Waals surface area contributed by atoms with Crippen LogP contribution in [0.5, 0.6) is 0 Å². The lowest BCUT2D eigenvalue weighted by Crippen LogP contribution is -2.61. The minimum absolute atomic E-state index is 0.0911. The summed E-state index contributed by atoms with van der Waals surface area (Å²) in [5.41, 5.74) is 25.3. The van der Waals surface area contributed by atoms with Gasteiger partial charge in [0.1, 0.15) is 0 Å². The van der Waals surface area contributed by atoms with Gasteiger partial charge in [-0.1, -0.05) is 241 Å². The number of nitrogens with zero attached hydrogens (tertiary/aromatic N) is 4. The maximum atomic E-state index is 2.69. The van der Waals surface area contributed by atoms with Gasteiger partial charge in [0.2, 0.25) is 0 Å². The minimum Gasteiger partial charge on any atom is -0.311 e. The zero-order chi connectivity index (χ0) is 61.2. The van der Waals surface area contributed by atoms with E-state index in [0.717, 1.165) is 28.0 Å². The highest BCUT2D eigenvalue weighted by Gasteiger charge is 2.45. The topological polar surface area (TPSA) is 16.3 Å². The van der Waals surface area contributed by atoms with E-state index in [0.29, 0.717) is 0 Å². The normalized spacial score (nSPS) is 13.6. The van der Waals surface area contributed by atoms with Gasteiger partial charge >= 0.3 is 0 Å². The van der Waals surface area contributed by atoms with Crippen molar-refractivity contribution in [2.45, 2.75) is 105 Å². The fourth-order valence-electron chi connectivity index (χ4n) is 14.9. The third-order valence-electron chi connectivity index (χ3n) is 19.6. The summed E-state index contributed by atoms with van der Waals surface area (Å²) >= 11 is 0. The summed E-state index contributed by atoms with van der Waals surface area (Å²) in [7, 11) is 0. The van der Waals surface area contributed by atoms with Crippen LogP contribution < -0.4 is 26.2 Å². The van der Waals surface area contributed by atoms with Crippen LogP contribution in [0, 0.1) is 0 Å². The summed E-state index contributed by atoms with van der Waals surface area (Å²) < 4.78 is 5.01. The quantitative estimate of drug-likeness (QED) is 0.160. The molecule has 2 aromatic heterocycles. The van der Waals surface area contributed by atoms with E-state index in [9.17, 15) is 0 Å². The van der Waals surface area contributed by atoms with Crippen LogP contribution in [0.1, 0.15) is 105 Å². The van der Waals surface area contributed by atoms with Crippen molar-refractivity contribution in [3.8, 4) is 22.5 Å². The maximum absolute atomic E-state index is 2.69. The first-order valence-electron chi connectivity index (χ1n) is 31.9. The lowest BCUT2D eigenvalue weighted by atomic mass is 9.33. The summed E-state index contributed by atoms with van der Waals surface area (Å²) in [4.78, 5) is 5.38. The number of fused-ring (bicyclic) bond motifs is 15. The first kappa shape index (κ1) is 54.8. The van der Waals surface area contributed by atoms with Gasteiger partial charge < -0.3 is 18.9 Å². The molecule has 16 rings (SSSR count). The number of benzene rings is 12. The Balaban J connectivity index is 1.07. The van der Waals surface area contributed by atoms with Crippen LogP contribution in [-0.4, -0.2) is 15.8 Å². The van der Waals surface area contributed by atoms with Gasteiger partial charge in [-0.2, -0.15) is 0 Å². The summed E-state index contributed by atoms with van der Waals surface area (Å²) in [6.45, 7) is 28.3. The van der Waals surface area contributed by atoms with Gasteiger partial charge in [-0.05, 0) is 161 Å². The van der Waals surface area contributed by atoms with Gasteiger partial charge in [0.05, 0.1) is 22.1 Å². The summed E-state index contributed by atoms with van der Waals surface area (Å²) in [5, 5.41) is 9.83. The molecule has 0 saturated carbocycles. The zero-order valence-electron chi connectivity index (χ0n) is 53.4. The molecule has 14 aromatic rings. The van der Waals surface area contributed by atoms with E-state index in [1.54, 1.807) is 0 Å². The van der Waals surface area contributed by atoms with Crippen LogP contribution in [0.15, 0.2) is 237 Å². The fourth-order valence-corrected chi connectivity index (χ4v) is 14.9. The van der Waals surface area contributed by atoms with Crippen LogP contribution in [-0.2, 0) is 21.7 Å². The van der Waals surface area contributed by atoms with Crippen molar-refractivity contribution in [3.63, 3.8) is 0 Å². The summed E-state index contributed by atoms with van der Waals surface area (Å²) in [6, 6.07) is 90.8. The number of aromatic nitrogens is 2. The Labute approximate surface area is 524 Å². The van der Waals surface area contributed by atoms with Crippen molar-refractivity contribution >= 4 is 122 Å². The predicted molar refractivity (Wildman–Crippen MR) is 384 cm³/mol. The van der Waals surface area contributed by atoms with Gasteiger partial charge in [0.15, 0.2) is 0 Å². The molecule has 5 heteroatoms. The molecule has 4 heterocycles. The molecule has 0 unspecified atom stereocenters. The molecular formula is C84H75BN4. The second-order valence-electron chi connectivity index (χ2n) is 29.5. The van der Waals surface area contributed by atoms with E-state index in [-0.39, 0.29) is 28.4 Å². The van der Waals surface area contributed by atoms with Crippen molar-refractivity contribution in [2.24, 2.45) is 0 Å². The molecule has 0 spiro atoms. The van der Waals surface area contributed by atoms with E-state index in [1.165, 1.54) is 132 Å². The molecule has 0 radical (unpaired) electrons. The fraction of sp³-hybridized carbons (Fsp3) is 0.190. The first-order valence-corrected chi connectivity index (χ1v) is 31.9. The van der Waals surface area contributed by atoms with Gasteiger partial charge in [-0.15, -0.1) is 0 Å². The summed E-state index contributed by atoms with van der Waals surface area (Å²) in [5.74, 6) is 0. The standard InChI is InChI=1S/C84H75BN4/c1-81(2,3)56-46-57(82(4,5)6)49-62(48-56)88-74-44-55(54-37-42-73-69(43-54)68-39-38-67-66-33-23-24-34-72(66)86(60-27-15-13-16-28-60)79(67)80(68)87(73)61-29-17-14-18-30-61)45-75-76(74)85(70-40-35-52-25-19-21-31-64(52)77(70)88)71-41-36-53-26-20-22-32-65(53)78(71)89(75)63-50-58(83(7,8)9)47-59(51-63)84(10,11)12/h13-51H,1-12H3. The Morgan fingerprint density at radius 2 is 0.674 bits per heavy atom. The van der Waals surface area contributed by atoms with E-state index in [2.05, 4.69) is 339 Å². The smallest absolute Gasteiger partial charge is 0.252 e. The van der Waals surface area contributed by atoms with Crippen LogP contribution in [0.3, 0.4) is 0 Å². The van der Waals surface area contributed by atoms with Crippen LogP contribution in [0.4, 0.5) is 34.1 Å². The number of rotatable bonds is 5. The highest BCUT2D eigenvalue weighted by atomic mass is 15.2. The number of para-hydroxylation sites is 3. The zero-order valence-corrected chi connectivity index (χ0v) is 53.4. The average Bonchev–Trinajstić information content (AvgIpc) is 1.63. The molecule has 4 nitrogen and oxygen atoms in total. The lowest BCUT2D eigenvalue weighted by molar-refractivity contribution is 0.568. The van der Waals surface area contributed by atoms with Gasteiger partial charge in [0.25, 0.3) is 6.71 Å². The highest BCUT2D eigenvalue weighted by molar-refractivity contribution is 7.00. The Morgan fingerprint density at radius 3 is 1.12 bits per heavy atom. The monoisotopic (exact) mass is 1150 g/mol. The average molecular weight is 1150 g/mol. The molecule has 0 saturated heterocycles. The van der Waals surface area contributed by atoms with E-state index >= 15 is 0 Å². The van der Waals surface area contributed by atoms with E-state index in [4.69, 9.17) is 0 Å². The molecule has 0 amide bonds. The molecule has 0 bridgehead atoms. The molecule has 434 valence electrons. The number of hydrogen-bond donors (Lipinski definition) is 0. The number of anilines is 6. The molecular weight excluding hydrogens is 1080 g/mol. The third kappa shape index (κ3) is 8.55. The molecule has 0 fully saturated rings. The van der Waals surface area contributed by atoms with E-state index in [1.807, 2.05) is 0 Å². The molecule has 2 aliphatic rings. The molecule has 0 N–H and O–H groups in total. The van der Waals surface area contributed by atoms with Gasteiger partial charge in [-0.3, -0.25) is 0 Å². The largest absolute Gasteiger partial charge is 0.311 e. The Morgan fingerprint density at radius 1 is 0.281 bits per heavy atom. The second-order valence-corrected chi connectivity index (χ2v) is 29.5. The maximum Gasteiger partial charge on any atom is 0.252 e. The highest BCUT2D eigenvalue weighted by Crippen LogP contribution is 2.52. The molecule has 12 aromatic carbocycles. The minimum atomic E-state index is -0.119. The third-order valence-corrected chi connectivity index (χ3v) is 19.6. The Bertz CT molecular complexity index is 4990. The van der Waals surface area contributed by atoms with Crippen LogP contribution >= 0.6 is 0 Å². The van der Waals surface area contributed by atoms with Crippen LogP contribution in [0.25, 0.3) is 87.7 Å². The van der Waals surface area contributed by atoms with Gasteiger partial charge in [0, 0.05) is 77.8 Å². The van der Waals surface area contributed by atoms with Crippen LogP contribution in [0.2, 0.25) is 0 Å². The predicted octanol–water partition coefficient (Wildman–Crippen LogP) is 21.1. The Kier molecular flexibility index (Phi) is 12.0. The van der Waals surface area contributed by atoms with Crippen molar-refractivity contribution in [3.05, 3.63) is 259 Å². The molecule has 2 aliphatic heterocycles. The first-order chi connectivity index (χ1) is 42.7. The molecule has 0 atom stereocenters. The Hall–Kier alpha value is -9.58. The SMILES string of the molecule is CC(C)(C)c1cc(N2c3cc(-c4ccc5c(c4)c4ccc6c7ccccc7n(-c7ccccc7)c6c4n5-c4ccccc4)cc4c3B(c3ccc5ccccc5c32)c2ccc3ccccc3c2N4c2cc(C(C)(C)C)cc(C(C)(C)C)c2)cc(C(C)(C)C)c1. The van der Waals surface area contributed by atoms with Crippen molar-refractivity contribution in [2.75, 3.05) is 9.80 Å². The van der Waals surface area contributed by atoms with Crippen molar-refractivity contribution in [1.29, 1.82) is 0 Å². The summed E-state index contributed by atoms with van der Waals surface area (Å²) in [6.07, 6.45) is 0. The molecule has 89 heavy (non-hydrogen) atoms. The second kappa shape index (κ2) is 19.5. The lowest BCUT2D eigenvalue weighted by Gasteiger charge is -2.46.